The van der Waals surface area contributed by atoms with E-state index in [0.717, 1.165) is 52.3 Å². The number of benzene rings is 2. The Bertz CT molecular complexity index is 1250. The molecule has 5 nitrogen and oxygen atoms in total. The fourth-order valence-electron chi connectivity index (χ4n) is 4.47. The van der Waals surface area contributed by atoms with Gasteiger partial charge >= 0.3 is 5.97 Å². The number of carbonyl (C=O) groups is 1. The molecular formula is C34H43NO4. The SMILES string of the molecule is C=C1C[C@H](c2ccccc2OC)CC2=C1CC(C(=O)OC/C(C)=C/C)=C(C)N2.C=CC.Cc1cccc(O)c1. The third-order valence-electron chi connectivity index (χ3n) is 6.63. The summed E-state index contributed by atoms with van der Waals surface area (Å²) in [6.07, 6.45) is 6.03. The lowest BCUT2D eigenvalue weighted by Crippen LogP contribution is -2.28. The van der Waals surface area contributed by atoms with E-state index >= 15 is 0 Å². The zero-order valence-electron chi connectivity index (χ0n) is 24.3. The number of esters is 1. The smallest absolute Gasteiger partial charge is 0.336 e. The number of methoxy groups -OCH3 is 1. The fraction of sp³-hybridized carbons (Fsp3) is 0.324. The number of aryl methyl sites for hydroxylation is 1. The van der Waals surface area contributed by atoms with E-state index in [2.05, 4.69) is 24.5 Å². The summed E-state index contributed by atoms with van der Waals surface area (Å²) in [4.78, 5) is 12.6. The molecule has 2 N–H and O–H groups in total. The summed E-state index contributed by atoms with van der Waals surface area (Å²) in [7, 11) is 1.71. The molecule has 0 saturated carbocycles. The molecule has 4 rings (SSSR count). The van der Waals surface area contributed by atoms with Gasteiger partial charge in [0.1, 0.15) is 18.1 Å². The molecule has 0 radical (unpaired) electrons. The third kappa shape index (κ3) is 9.06. The summed E-state index contributed by atoms with van der Waals surface area (Å²) in [5.41, 5.74) is 8.27. The van der Waals surface area contributed by atoms with Crippen molar-refractivity contribution in [3.63, 3.8) is 0 Å². The Kier molecular flexibility index (Phi) is 12.4. The molecule has 1 aliphatic carbocycles. The zero-order chi connectivity index (χ0) is 28.9. The fourth-order valence-corrected chi connectivity index (χ4v) is 4.47. The first-order valence-electron chi connectivity index (χ1n) is 13.3. The van der Waals surface area contributed by atoms with E-state index in [9.17, 15) is 4.79 Å². The van der Waals surface area contributed by atoms with Gasteiger partial charge in [-0.3, -0.25) is 0 Å². The first kappa shape index (κ1) is 31.2. The zero-order valence-corrected chi connectivity index (χ0v) is 24.3. The Labute approximate surface area is 234 Å². The Hall–Kier alpha value is -3.99. The number of ether oxygens (including phenoxy) is 2. The van der Waals surface area contributed by atoms with E-state index < -0.39 is 0 Å². The molecule has 0 amide bonds. The molecule has 0 saturated heterocycles. The van der Waals surface area contributed by atoms with Crippen molar-refractivity contribution in [2.75, 3.05) is 13.7 Å². The minimum Gasteiger partial charge on any atom is -0.508 e. The van der Waals surface area contributed by atoms with Crippen LogP contribution in [0.15, 0.2) is 108 Å². The van der Waals surface area contributed by atoms with E-state index in [1.807, 2.05) is 71.0 Å². The van der Waals surface area contributed by atoms with Gasteiger partial charge in [0, 0.05) is 17.8 Å². The molecule has 208 valence electrons. The van der Waals surface area contributed by atoms with E-state index in [-0.39, 0.29) is 5.97 Å². The van der Waals surface area contributed by atoms with Crippen molar-refractivity contribution < 1.29 is 19.4 Å². The Morgan fingerprint density at radius 2 is 1.82 bits per heavy atom. The average molecular weight is 530 g/mol. The number of nitrogens with one attached hydrogen (secondary N) is 1. The summed E-state index contributed by atoms with van der Waals surface area (Å²) in [5.74, 6) is 1.31. The van der Waals surface area contributed by atoms with Crippen molar-refractivity contribution >= 4 is 5.97 Å². The van der Waals surface area contributed by atoms with Crippen molar-refractivity contribution in [2.24, 2.45) is 0 Å². The number of carbonyl (C=O) groups excluding carboxylic acids is 1. The molecule has 2 aromatic rings. The Morgan fingerprint density at radius 3 is 2.41 bits per heavy atom. The van der Waals surface area contributed by atoms with E-state index in [4.69, 9.17) is 14.6 Å². The molecule has 2 aromatic carbocycles. The minimum absolute atomic E-state index is 0.252. The van der Waals surface area contributed by atoms with Crippen LogP contribution >= 0.6 is 0 Å². The van der Waals surface area contributed by atoms with Crippen LogP contribution in [0.1, 0.15) is 64.0 Å². The van der Waals surface area contributed by atoms with Gasteiger partial charge < -0.3 is 19.9 Å². The predicted molar refractivity (Wildman–Crippen MR) is 161 cm³/mol. The van der Waals surface area contributed by atoms with Crippen molar-refractivity contribution in [1.82, 2.24) is 5.32 Å². The molecule has 0 spiro atoms. The van der Waals surface area contributed by atoms with Crippen LogP contribution in [0.2, 0.25) is 0 Å². The highest BCUT2D eigenvalue weighted by Crippen LogP contribution is 2.44. The van der Waals surface area contributed by atoms with Gasteiger partial charge in [-0.2, -0.15) is 0 Å². The molecular weight excluding hydrogens is 486 g/mol. The minimum atomic E-state index is -0.252. The van der Waals surface area contributed by atoms with Crippen LogP contribution in [0.5, 0.6) is 11.5 Å². The van der Waals surface area contributed by atoms with Gasteiger partial charge in [-0.05, 0) is 99.4 Å². The van der Waals surface area contributed by atoms with Crippen molar-refractivity contribution in [3.8, 4) is 11.5 Å². The van der Waals surface area contributed by atoms with Crippen molar-refractivity contribution in [1.29, 1.82) is 0 Å². The number of para-hydroxylation sites is 1. The second-order valence-corrected chi connectivity index (χ2v) is 9.77. The van der Waals surface area contributed by atoms with Crippen LogP contribution in [0.3, 0.4) is 0 Å². The first-order valence-corrected chi connectivity index (χ1v) is 13.3. The molecule has 0 fully saturated rings. The quantitative estimate of drug-likeness (QED) is 0.303. The van der Waals surface area contributed by atoms with Gasteiger partial charge in [-0.25, -0.2) is 4.79 Å². The van der Waals surface area contributed by atoms with E-state index in [0.29, 0.717) is 30.3 Å². The number of hydrogen-bond acceptors (Lipinski definition) is 5. The van der Waals surface area contributed by atoms with Crippen LogP contribution in [0.25, 0.3) is 0 Å². The van der Waals surface area contributed by atoms with Crippen LogP contribution in [-0.2, 0) is 9.53 Å². The maximum Gasteiger partial charge on any atom is 0.336 e. The lowest BCUT2D eigenvalue weighted by molar-refractivity contribution is -0.138. The number of rotatable bonds is 5. The molecule has 1 aliphatic heterocycles. The van der Waals surface area contributed by atoms with Crippen LogP contribution in [-0.4, -0.2) is 24.8 Å². The second-order valence-electron chi connectivity index (χ2n) is 9.77. The van der Waals surface area contributed by atoms with Gasteiger partial charge in [0.2, 0.25) is 0 Å². The molecule has 2 aliphatic rings. The second kappa shape index (κ2) is 15.4. The van der Waals surface area contributed by atoms with Gasteiger partial charge in [-0.15, -0.1) is 6.58 Å². The highest BCUT2D eigenvalue weighted by molar-refractivity contribution is 5.90. The number of hydrogen-bond donors (Lipinski definition) is 2. The summed E-state index contributed by atoms with van der Waals surface area (Å²) >= 11 is 0. The number of allylic oxidation sites excluding steroid dienone is 6. The van der Waals surface area contributed by atoms with E-state index in [1.54, 1.807) is 25.3 Å². The molecule has 5 heteroatoms. The van der Waals surface area contributed by atoms with Crippen molar-refractivity contribution in [3.05, 3.63) is 119 Å². The summed E-state index contributed by atoms with van der Waals surface area (Å²) in [5, 5.41) is 12.3. The largest absolute Gasteiger partial charge is 0.508 e. The highest BCUT2D eigenvalue weighted by atomic mass is 16.5. The number of dihydropyridines is 1. The lowest BCUT2D eigenvalue weighted by atomic mass is 9.77. The molecule has 0 unspecified atom stereocenters. The molecule has 1 heterocycles. The van der Waals surface area contributed by atoms with Crippen LogP contribution in [0.4, 0.5) is 0 Å². The highest BCUT2D eigenvalue weighted by Gasteiger charge is 2.32. The number of aromatic hydroxyl groups is 1. The van der Waals surface area contributed by atoms with Gasteiger partial charge in [0.25, 0.3) is 0 Å². The van der Waals surface area contributed by atoms with Gasteiger partial charge in [0.05, 0.1) is 12.7 Å². The normalized spacial score (nSPS) is 16.5. The summed E-state index contributed by atoms with van der Waals surface area (Å²) in [6.45, 7) is 17.7. The molecule has 0 aromatic heterocycles. The van der Waals surface area contributed by atoms with Gasteiger partial charge in [-0.1, -0.05) is 49.1 Å². The molecule has 1 atom stereocenters. The summed E-state index contributed by atoms with van der Waals surface area (Å²) < 4.78 is 11.0. The van der Waals surface area contributed by atoms with Crippen LogP contribution < -0.4 is 10.1 Å². The topological polar surface area (TPSA) is 67.8 Å². The van der Waals surface area contributed by atoms with Crippen molar-refractivity contribution in [2.45, 2.75) is 59.8 Å². The average Bonchev–Trinajstić information content (AvgIpc) is 2.91. The van der Waals surface area contributed by atoms with Crippen LogP contribution in [0, 0.1) is 6.92 Å². The standard InChI is InChI=1S/C24H29NO3.C7H8O.C3H6/c1-6-15(2)14-28-24(26)21-13-20-16(3)11-18(12-22(20)25-17(21)4)19-9-7-8-10-23(19)27-5;1-6-3-2-4-7(8)5-6;1-3-2/h6-10,18,25H,3,11-14H2,1-2,4-5H3;2-5,8H,1H3;3H,1H2,2H3/b15-6+;;/t18-;;/m0../s1. The molecule has 39 heavy (non-hydrogen) atoms. The Balaban J connectivity index is 0.000000405. The first-order chi connectivity index (χ1) is 18.6. The molecule has 0 bridgehead atoms. The monoisotopic (exact) mass is 529 g/mol. The predicted octanol–water partition coefficient (Wildman–Crippen LogP) is 8.05. The number of phenols is 1. The third-order valence-corrected chi connectivity index (χ3v) is 6.63. The maximum atomic E-state index is 12.6. The lowest BCUT2D eigenvalue weighted by Gasteiger charge is -2.34. The maximum absolute atomic E-state index is 12.6. The van der Waals surface area contributed by atoms with E-state index in [1.165, 1.54) is 5.56 Å². The Morgan fingerprint density at radius 1 is 1.13 bits per heavy atom. The van der Waals surface area contributed by atoms with Gasteiger partial charge in [0.15, 0.2) is 0 Å². The number of phenolic OH excluding ortho intramolecular Hbond substituents is 1. The summed E-state index contributed by atoms with van der Waals surface area (Å²) in [6, 6.07) is 15.3.